The minimum atomic E-state index is -0.0642. The maximum atomic E-state index is 12.0. The molecular formula is C18H23N3O. The number of aromatic nitrogens is 1. The number of anilines is 2. The highest BCUT2D eigenvalue weighted by atomic mass is 16.1. The third-order valence-electron chi connectivity index (χ3n) is 3.38. The van der Waals surface area contributed by atoms with Crippen LogP contribution < -0.4 is 10.6 Å². The summed E-state index contributed by atoms with van der Waals surface area (Å²) in [7, 11) is 0. The molecule has 0 atom stereocenters. The molecule has 1 amide bonds. The zero-order valence-electron chi connectivity index (χ0n) is 13.2. The van der Waals surface area contributed by atoms with E-state index in [1.165, 1.54) is 5.56 Å². The number of benzene rings is 1. The van der Waals surface area contributed by atoms with Gasteiger partial charge in [-0.05, 0) is 43.2 Å². The summed E-state index contributed by atoms with van der Waals surface area (Å²) >= 11 is 0. The van der Waals surface area contributed by atoms with E-state index in [-0.39, 0.29) is 5.91 Å². The van der Waals surface area contributed by atoms with E-state index in [0.29, 0.717) is 5.56 Å². The Balaban J connectivity index is 1.91. The van der Waals surface area contributed by atoms with Crippen LogP contribution in [0, 0.1) is 6.92 Å². The molecule has 2 aromatic rings. The van der Waals surface area contributed by atoms with Crippen molar-refractivity contribution >= 4 is 17.4 Å². The molecular weight excluding hydrogens is 274 g/mol. The Morgan fingerprint density at radius 1 is 1.18 bits per heavy atom. The average Bonchev–Trinajstić information content (AvgIpc) is 2.52. The van der Waals surface area contributed by atoms with Crippen molar-refractivity contribution in [3.8, 4) is 0 Å². The van der Waals surface area contributed by atoms with Crippen LogP contribution in [0.5, 0.6) is 0 Å². The van der Waals surface area contributed by atoms with Crippen molar-refractivity contribution in [2.24, 2.45) is 0 Å². The zero-order chi connectivity index (χ0) is 15.8. The number of hydrogen-bond acceptors (Lipinski definition) is 3. The second-order valence-electron chi connectivity index (χ2n) is 5.39. The predicted molar refractivity (Wildman–Crippen MR) is 90.6 cm³/mol. The molecule has 0 aliphatic carbocycles. The minimum Gasteiger partial charge on any atom is -0.352 e. The Hall–Kier alpha value is -2.36. The number of carbonyl (C=O) groups excluding carboxylic acids is 1. The summed E-state index contributed by atoms with van der Waals surface area (Å²) in [6.45, 7) is 4.91. The average molecular weight is 297 g/mol. The van der Waals surface area contributed by atoms with Crippen LogP contribution in [0.3, 0.4) is 0 Å². The van der Waals surface area contributed by atoms with Gasteiger partial charge in [-0.25, -0.2) is 4.98 Å². The summed E-state index contributed by atoms with van der Waals surface area (Å²) in [5, 5.41) is 6.14. The first-order valence-corrected chi connectivity index (χ1v) is 7.77. The summed E-state index contributed by atoms with van der Waals surface area (Å²) in [6, 6.07) is 11.7. The van der Waals surface area contributed by atoms with Gasteiger partial charge < -0.3 is 10.6 Å². The number of nitrogens with zero attached hydrogens (tertiary/aromatic N) is 1. The highest BCUT2D eigenvalue weighted by Crippen LogP contribution is 2.15. The molecule has 0 aliphatic heterocycles. The van der Waals surface area contributed by atoms with Gasteiger partial charge in [0.25, 0.3) is 5.91 Å². The quantitative estimate of drug-likeness (QED) is 0.758. The fourth-order valence-corrected chi connectivity index (χ4v) is 2.15. The van der Waals surface area contributed by atoms with Crippen LogP contribution in [0.1, 0.15) is 42.1 Å². The zero-order valence-corrected chi connectivity index (χ0v) is 13.2. The highest BCUT2D eigenvalue weighted by molar-refractivity contribution is 5.94. The SMILES string of the molecule is CCCCCNC(=O)c1ccc(Nc2cccc(C)c2)nc1. The lowest BCUT2D eigenvalue weighted by atomic mass is 10.2. The molecule has 0 fully saturated rings. The molecule has 2 N–H and O–H groups in total. The van der Waals surface area contributed by atoms with Crippen molar-refractivity contribution in [3.05, 3.63) is 53.7 Å². The maximum absolute atomic E-state index is 12.0. The first kappa shape index (κ1) is 16.0. The molecule has 0 unspecified atom stereocenters. The van der Waals surface area contributed by atoms with Crippen LogP contribution >= 0.6 is 0 Å². The number of unbranched alkanes of at least 4 members (excludes halogenated alkanes) is 2. The predicted octanol–water partition coefficient (Wildman–Crippen LogP) is 4.05. The molecule has 0 saturated heterocycles. The van der Waals surface area contributed by atoms with Crippen LogP contribution in [-0.2, 0) is 0 Å². The summed E-state index contributed by atoms with van der Waals surface area (Å²) in [5.74, 6) is 0.666. The van der Waals surface area contributed by atoms with Crippen molar-refractivity contribution < 1.29 is 4.79 Å². The molecule has 116 valence electrons. The van der Waals surface area contributed by atoms with Gasteiger partial charge in [0.2, 0.25) is 0 Å². The van der Waals surface area contributed by atoms with Gasteiger partial charge in [0.1, 0.15) is 5.82 Å². The Morgan fingerprint density at radius 3 is 2.73 bits per heavy atom. The summed E-state index contributed by atoms with van der Waals surface area (Å²) < 4.78 is 0. The molecule has 4 nitrogen and oxygen atoms in total. The van der Waals surface area contributed by atoms with E-state index in [9.17, 15) is 4.79 Å². The lowest BCUT2D eigenvalue weighted by Gasteiger charge is -2.08. The molecule has 0 saturated carbocycles. The van der Waals surface area contributed by atoms with Gasteiger partial charge in [0.15, 0.2) is 0 Å². The van der Waals surface area contributed by atoms with E-state index < -0.39 is 0 Å². The first-order chi connectivity index (χ1) is 10.7. The minimum absolute atomic E-state index is 0.0642. The number of nitrogens with one attached hydrogen (secondary N) is 2. The Morgan fingerprint density at radius 2 is 2.05 bits per heavy atom. The van der Waals surface area contributed by atoms with Gasteiger partial charge >= 0.3 is 0 Å². The second kappa shape index (κ2) is 8.17. The highest BCUT2D eigenvalue weighted by Gasteiger charge is 2.05. The van der Waals surface area contributed by atoms with Crippen molar-refractivity contribution in [2.75, 3.05) is 11.9 Å². The smallest absolute Gasteiger partial charge is 0.252 e. The van der Waals surface area contributed by atoms with Gasteiger partial charge in [-0.1, -0.05) is 31.9 Å². The molecule has 22 heavy (non-hydrogen) atoms. The topological polar surface area (TPSA) is 54.0 Å². The van der Waals surface area contributed by atoms with E-state index in [2.05, 4.69) is 28.6 Å². The summed E-state index contributed by atoms with van der Waals surface area (Å²) in [6.07, 6.45) is 4.91. The number of amides is 1. The molecule has 4 heteroatoms. The Bertz CT molecular complexity index is 608. The second-order valence-corrected chi connectivity index (χ2v) is 5.39. The van der Waals surface area contributed by atoms with Crippen molar-refractivity contribution in [1.29, 1.82) is 0 Å². The van der Waals surface area contributed by atoms with E-state index in [4.69, 9.17) is 0 Å². The Kier molecular flexibility index (Phi) is 5.95. The third kappa shape index (κ3) is 4.88. The van der Waals surface area contributed by atoms with Crippen LogP contribution in [0.15, 0.2) is 42.6 Å². The Labute approximate surface area is 132 Å². The molecule has 2 rings (SSSR count). The van der Waals surface area contributed by atoms with Gasteiger partial charge in [0, 0.05) is 18.4 Å². The van der Waals surface area contributed by atoms with Crippen LogP contribution in [0.4, 0.5) is 11.5 Å². The van der Waals surface area contributed by atoms with Crippen molar-refractivity contribution in [3.63, 3.8) is 0 Å². The molecule has 1 aromatic heterocycles. The van der Waals surface area contributed by atoms with E-state index >= 15 is 0 Å². The number of rotatable bonds is 7. The number of hydrogen-bond donors (Lipinski definition) is 2. The standard InChI is InChI=1S/C18H23N3O/c1-3-4-5-11-19-18(22)15-9-10-17(20-13-15)21-16-8-6-7-14(2)12-16/h6-10,12-13H,3-5,11H2,1-2H3,(H,19,22)(H,20,21). The summed E-state index contributed by atoms with van der Waals surface area (Å²) in [4.78, 5) is 16.2. The normalized spacial score (nSPS) is 10.3. The molecule has 0 radical (unpaired) electrons. The van der Waals surface area contributed by atoms with Crippen LogP contribution in [-0.4, -0.2) is 17.4 Å². The summed E-state index contributed by atoms with van der Waals surface area (Å²) in [5.41, 5.74) is 2.77. The van der Waals surface area contributed by atoms with E-state index in [1.54, 1.807) is 12.3 Å². The largest absolute Gasteiger partial charge is 0.352 e. The third-order valence-corrected chi connectivity index (χ3v) is 3.38. The fraction of sp³-hybridized carbons (Fsp3) is 0.333. The van der Waals surface area contributed by atoms with Crippen molar-refractivity contribution in [2.45, 2.75) is 33.1 Å². The van der Waals surface area contributed by atoms with E-state index in [1.807, 2.05) is 31.2 Å². The van der Waals surface area contributed by atoms with Crippen LogP contribution in [0.2, 0.25) is 0 Å². The molecule has 0 aliphatic rings. The molecule has 1 heterocycles. The molecule has 0 spiro atoms. The van der Waals surface area contributed by atoms with Crippen molar-refractivity contribution in [1.82, 2.24) is 10.3 Å². The molecule has 0 bridgehead atoms. The van der Waals surface area contributed by atoms with Gasteiger partial charge in [-0.2, -0.15) is 0 Å². The molecule has 1 aromatic carbocycles. The van der Waals surface area contributed by atoms with E-state index in [0.717, 1.165) is 37.3 Å². The van der Waals surface area contributed by atoms with Gasteiger partial charge in [-0.3, -0.25) is 4.79 Å². The van der Waals surface area contributed by atoms with Gasteiger partial charge in [0.05, 0.1) is 5.56 Å². The van der Waals surface area contributed by atoms with Gasteiger partial charge in [-0.15, -0.1) is 0 Å². The number of pyridine rings is 1. The lowest BCUT2D eigenvalue weighted by Crippen LogP contribution is -2.24. The maximum Gasteiger partial charge on any atom is 0.252 e. The monoisotopic (exact) mass is 297 g/mol. The van der Waals surface area contributed by atoms with Crippen LogP contribution in [0.25, 0.3) is 0 Å². The first-order valence-electron chi connectivity index (χ1n) is 7.77. The lowest BCUT2D eigenvalue weighted by molar-refractivity contribution is 0.0952. The number of carbonyl (C=O) groups is 1. The number of aryl methyl sites for hydroxylation is 1. The fourth-order valence-electron chi connectivity index (χ4n) is 2.15.